The number of hydrogen-bond acceptors (Lipinski definition) is 4. The van der Waals surface area contributed by atoms with E-state index in [-0.39, 0.29) is 24.5 Å². The van der Waals surface area contributed by atoms with Gasteiger partial charge in [-0.15, -0.1) is 0 Å². The van der Waals surface area contributed by atoms with Crippen LogP contribution in [0.2, 0.25) is 0 Å². The lowest BCUT2D eigenvalue weighted by atomic mass is 9.99. The molecule has 1 N–H and O–H groups in total. The Morgan fingerprint density at radius 3 is 2.41 bits per heavy atom. The fourth-order valence-corrected chi connectivity index (χ4v) is 5.16. The zero-order valence-corrected chi connectivity index (χ0v) is 23.5. The SMILES string of the molecule is CCCN(CC(=O)N1CCn2cccc2[C@H]1c1cccc(Oc2ccccc2)c1)C(=O)Nc1ccc(OCC)cc1. The van der Waals surface area contributed by atoms with E-state index >= 15 is 0 Å². The third-order valence-corrected chi connectivity index (χ3v) is 7.03. The number of urea groups is 1. The Morgan fingerprint density at radius 2 is 1.66 bits per heavy atom. The third-order valence-electron chi connectivity index (χ3n) is 7.03. The molecule has 41 heavy (non-hydrogen) atoms. The van der Waals surface area contributed by atoms with E-state index in [1.165, 1.54) is 0 Å². The largest absolute Gasteiger partial charge is 0.494 e. The van der Waals surface area contributed by atoms with Crippen molar-refractivity contribution in [3.8, 4) is 17.2 Å². The molecule has 1 aromatic heterocycles. The number of rotatable bonds is 10. The molecule has 0 radical (unpaired) electrons. The Kier molecular flexibility index (Phi) is 8.89. The quantitative estimate of drug-likeness (QED) is 0.242. The summed E-state index contributed by atoms with van der Waals surface area (Å²) >= 11 is 0. The van der Waals surface area contributed by atoms with Crippen molar-refractivity contribution in [2.75, 3.05) is 31.6 Å². The lowest BCUT2D eigenvalue weighted by molar-refractivity contribution is -0.134. The molecule has 0 fully saturated rings. The minimum atomic E-state index is -0.306. The summed E-state index contributed by atoms with van der Waals surface area (Å²) in [5.74, 6) is 2.09. The Labute approximate surface area is 241 Å². The van der Waals surface area contributed by atoms with Gasteiger partial charge in [-0.05, 0) is 79.6 Å². The summed E-state index contributed by atoms with van der Waals surface area (Å²) in [6.07, 6.45) is 2.78. The maximum atomic E-state index is 13.9. The minimum absolute atomic E-state index is 0.0197. The minimum Gasteiger partial charge on any atom is -0.494 e. The smallest absolute Gasteiger partial charge is 0.322 e. The summed E-state index contributed by atoms with van der Waals surface area (Å²) in [6.45, 7) is 6.17. The van der Waals surface area contributed by atoms with E-state index in [4.69, 9.17) is 9.47 Å². The van der Waals surface area contributed by atoms with Gasteiger partial charge in [-0.25, -0.2) is 4.79 Å². The molecule has 212 valence electrons. The Morgan fingerprint density at radius 1 is 0.878 bits per heavy atom. The van der Waals surface area contributed by atoms with Crippen molar-refractivity contribution in [2.45, 2.75) is 32.9 Å². The van der Waals surface area contributed by atoms with Crippen molar-refractivity contribution < 1.29 is 19.1 Å². The van der Waals surface area contributed by atoms with Crippen LogP contribution in [0.15, 0.2) is 97.2 Å². The van der Waals surface area contributed by atoms with E-state index in [1.807, 2.05) is 97.7 Å². The molecule has 3 aromatic carbocycles. The van der Waals surface area contributed by atoms with Crippen LogP contribution in [0.5, 0.6) is 17.2 Å². The van der Waals surface area contributed by atoms with Gasteiger partial charge in [-0.2, -0.15) is 0 Å². The summed E-state index contributed by atoms with van der Waals surface area (Å²) in [6, 6.07) is 28.2. The van der Waals surface area contributed by atoms with Gasteiger partial charge in [0.2, 0.25) is 5.91 Å². The maximum absolute atomic E-state index is 13.9. The number of carbonyl (C=O) groups excluding carboxylic acids is 2. The molecule has 0 saturated carbocycles. The monoisotopic (exact) mass is 552 g/mol. The second-order valence-electron chi connectivity index (χ2n) is 9.91. The number of fused-ring (bicyclic) bond motifs is 1. The van der Waals surface area contributed by atoms with E-state index in [2.05, 4.69) is 16.0 Å². The van der Waals surface area contributed by atoms with Crippen molar-refractivity contribution >= 4 is 17.6 Å². The van der Waals surface area contributed by atoms with Crippen LogP contribution in [0.1, 0.15) is 37.6 Å². The first-order valence-corrected chi connectivity index (χ1v) is 14.1. The molecule has 2 heterocycles. The fourth-order valence-electron chi connectivity index (χ4n) is 5.16. The summed E-state index contributed by atoms with van der Waals surface area (Å²) in [5, 5.41) is 2.93. The van der Waals surface area contributed by atoms with Gasteiger partial charge >= 0.3 is 6.03 Å². The molecule has 1 atom stereocenters. The second-order valence-corrected chi connectivity index (χ2v) is 9.91. The first kappa shape index (κ1) is 27.8. The van der Waals surface area contributed by atoms with Gasteiger partial charge in [0.25, 0.3) is 0 Å². The second kappa shape index (κ2) is 13.1. The fraction of sp³-hybridized carbons (Fsp3) is 0.273. The van der Waals surface area contributed by atoms with Crippen molar-refractivity contribution in [1.82, 2.24) is 14.4 Å². The van der Waals surface area contributed by atoms with E-state index in [9.17, 15) is 9.59 Å². The van der Waals surface area contributed by atoms with Gasteiger partial charge in [-0.3, -0.25) is 4.79 Å². The summed E-state index contributed by atoms with van der Waals surface area (Å²) in [7, 11) is 0. The average molecular weight is 553 g/mol. The number of nitrogens with zero attached hydrogens (tertiary/aromatic N) is 3. The molecular formula is C33H36N4O4. The topological polar surface area (TPSA) is 76.0 Å². The van der Waals surface area contributed by atoms with Crippen molar-refractivity contribution in [2.24, 2.45) is 0 Å². The zero-order chi connectivity index (χ0) is 28.6. The predicted octanol–water partition coefficient (Wildman–Crippen LogP) is 6.55. The van der Waals surface area contributed by atoms with Crippen LogP contribution in [0.25, 0.3) is 0 Å². The third kappa shape index (κ3) is 6.72. The number of ether oxygens (including phenoxy) is 2. The van der Waals surface area contributed by atoms with Gasteiger partial charge in [0.1, 0.15) is 23.8 Å². The lowest BCUT2D eigenvalue weighted by Crippen LogP contribution is -2.48. The molecule has 0 spiro atoms. The molecule has 8 heteroatoms. The summed E-state index contributed by atoms with van der Waals surface area (Å²) in [5.41, 5.74) is 2.63. The van der Waals surface area contributed by atoms with Gasteiger partial charge < -0.3 is 29.2 Å². The Hall–Kier alpha value is -4.72. The van der Waals surface area contributed by atoms with E-state index in [1.54, 1.807) is 17.0 Å². The molecular weight excluding hydrogens is 516 g/mol. The number of para-hydroxylation sites is 1. The van der Waals surface area contributed by atoms with Crippen LogP contribution in [0.3, 0.4) is 0 Å². The molecule has 1 aliphatic rings. The molecule has 5 rings (SSSR count). The number of aromatic nitrogens is 1. The molecule has 4 aromatic rings. The molecule has 3 amide bonds. The highest BCUT2D eigenvalue weighted by Gasteiger charge is 2.33. The van der Waals surface area contributed by atoms with E-state index in [0.29, 0.717) is 37.7 Å². The van der Waals surface area contributed by atoms with Gasteiger partial charge in [0.15, 0.2) is 0 Å². The molecule has 0 saturated heterocycles. The zero-order valence-electron chi connectivity index (χ0n) is 23.5. The number of benzene rings is 3. The highest BCUT2D eigenvalue weighted by Crippen LogP contribution is 2.35. The van der Waals surface area contributed by atoms with Crippen LogP contribution in [-0.2, 0) is 11.3 Å². The van der Waals surface area contributed by atoms with Crippen LogP contribution in [-0.4, -0.2) is 52.5 Å². The average Bonchev–Trinajstić information content (AvgIpc) is 3.47. The van der Waals surface area contributed by atoms with E-state index < -0.39 is 0 Å². The van der Waals surface area contributed by atoms with Crippen LogP contribution in [0.4, 0.5) is 10.5 Å². The maximum Gasteiger partial charge on any atom is 0.322 e. The van der Waals surface area contributed by atoms with Gasteiger partial charge in [0, 0.05) is 37.2 Å². The van der Waals surface area contributed by atoms with Crippen molar-refractivity contribution in [1.29, 1.82) is 0 Å². The first-order valence-electron chi connectivity index (χ1n) is 14.1. The van der Waals surface area contributed by atoms with Crippen LogP contribution in [0, 0.1) is 0 Å². The molecule has 0 aliphatic carbocycles. The number of nitrogens with one attached hydrogen (secondary N) is 1. The van der Waals surface area contributed by atoms with Gasteiger partial charge in [-0.1, -0.05) is 37.3 Å². The summed E-state index contributed by atoms with van der Waals surface area (Å²) < 4.78 is 13.8. The van der Waals surface area contributed by atoms with Crippen LogP contribution >= 0.6 is 0 Å². The molecule has 1 aliphatic heterocycles. The standard InChI is InChI=1S/C33H36N4O4/c1-3-19-36(33(39)34-26-15-17-27(18-16-26)40-4-2)24-31(38)37-22-21-35-20-9-14-30(35)32(37)25-10-8-13-29(23-25)41-28-11-6-5-7-12-28/h5-18,20,23,32H,3-4,19,21-22,24H2,1-2H3,(H,34,39)/t32-/m1/s1. The number of amides is 3. The van der Waals surface area contributed by atoms with E-state index in [0.717, 1.165) is 29.2 Å². The lowest BCUT2D eigenvalue weighted by Gasteiger charge is -2.38. The first-order chi connectivity index (χ1) is 20.1. The molecule has 8 nitrogen and oxygen atoms in total. The van der Waals surface area contributed by atoms with Crippen molar-refractivity contribution in [3.63, 3.8) is 0 Å². The Bertz CT molecular complexity index is 1450. The normalized spacial score (nSPS) is 14.2. The van der Waals surface area contributed by atoms with Crippen molar-refractivity contribution in [3.05, 3.63) is 108 Å². The van der Waals surface area contributed by atoms with Crippen LogP contribution < -0.4 is 14.8 Å². The predicted molar refractivity (Wildman–Crippen MR) is 159 cm³/mol. The number of hydrogen-bond donors (Lipinski definition) is 1. The number of anilines is 1. The summed E-state index contributed by atoms with van der Waals surface area (Å²) in [4.78, 5) is 30.6. The molecule has 0 bridgehead atoms. The highest BCUT2D eigenvalue weighted by atomic mass is 16.5. The molecule has 0 unspecified atom stereocenters. The Balaban J connectivity index is 1.35. The van der Waals surface area contributed by atoms with Gasteiger partial charge in [0.05, 0.1) is 12.6 Å². The number of carbonyl (C=O) groups is 2. The highest BCUT2D eigenvalue weighted by molar-refractivity contribution is 5.92.